The molecule has 3 rings (SSSR count). The number of rotatable bonds is 1. The van der Waals surface area contributed by atoms with Crippen LogP contribution in [0.2, 0.25) is 0 Å². The molecule has 0 atom stereocenters. The standard InChI is InChI=1S/C13H12N2O3/c1-15-12(14)5-9(6-13(15)16)8-2-3-10-11(4-8)18-7-17-10/h2-6H,7,14H2,1H3. The van der Waals surface area contributed by atoms with Gasteiger partial charge in [0.15, 0.2) is 11.5 Å². The lowest BCUT2D eigenvalue weighted by Crippen LogP contribution is -2.18. The normalized spacial score (nSPS) is 12.7. The number of nitrogens with zero attached hydrogens (tertiary/aromatic N) is 1. The molecule has 1 aromatic carbocycles. The minimum Gasteiger partial charge on any atom is -0.454 e. The highest BCUT2D eigenvalue weighted by Crippen LogP contribution is 2.35. The molecule has 5 heteroatoms. The van der Waals surface area contributed by atoms with Crippen LogP contribution in [-0.2, 0) is 7.05 Å². The number of fused-ring (bicyclic) bond motifs is 1. The SMILES string of the molecule is Cn1c(N)cc(-c2ccc3c(c2)OCO3)cc1=O. The summed E-state index contributed by atoms with van der Waals surface area (Å²) in [5, 5.41) is 0. The molecule has 0 spiro atoms. The van der Waals surface area contributed by atoms with Crippen LogP contribution >= 0.6 is 0 Å². The molecule has 0 aliphatic carbocycles. The highest BCUT2D eigenvalue weighted by atomic mass is 16.7. The highest BCUT2D eigenvalue weighted by molar-refractivity contribution is 5.69. The summed E-state index contributed by atoms with van der Waals surface area (Å²) in [6, 6.07) is 8.86. The number of hydrogen-bond acceptors (Lipinski definition) is 4. The zero-order valence-electron chi connectivity index (χ0n) is 9.84. The van der Waals surface area contributed by atoms with Gasteiger partial charge in [-0.3, -0.25) is 9.36 Å². The van der Waals surface area contributed by atoms with E-state index < -0.39 is 0 Å². The fourth-order valence-corrected chi connectivity index (χ4v) is 1.90. The Bertz CT molecular complexity index is 676. The number of benzene rings is 1. The molecule has 92 valence electrons. The summed E-state index contributed by atoms with van der Waals surface area (Å²) in [6.45, 7) is 0.234. The van der Waals surface area contributed by atoms with Crippen molar-refractivity contribution in [3.8, 4) is 22.6 Å². The van der Waals surface area contributed by atoms with Crippen LogP contribution in [0, 0.1) is 0 Å². The first kappa shape index (κ1) is 10.7. The van der Waals surface area contributed by atoms with Crippen LogP contribution in [0.5, 0.6) is 11.5 Å². The molecule has 0 fully saturated rings. The Labute approximate surface area is 103 Å². The molecule has 2 aromatic rings. The maximum Gasteiger partial charge on any atom is 0.252 e. The first-order valence-electron chi connectivity index (χ1n) is 5.52. The van der Waals surface area contributed by atoms with E-state index in [1.54, 1.807) is 19.2 Å². The molecule has 0 radical (unpaired) electrons. The quantitative estimate of drug-likeness (QED) is 0.822. The van der Waals surface area contributed by atoms with Crippen molar-refractivity contribution < 1.29 is 9.47 Å². The first-order chi connectivity index (χ1) is 8.65. The van der Waals surface area contributed by atoms with Gasteiger partial charge in [-0.15, -0.1) is 0 Å². The van der Waals surface area contributed by atoms with Crippen LogP contribution in [0.4, 0.5) is 5.82 Å². The topological polar surface area (TPSA) is 66.5 Å². The Morgan fingerprint density at radius 3 is 2.67 bits per heavy atom. The molecular formula is C13H12N2O3. The van der Waals surface area contributed by atoms with Gasteiger partial charge in [0.25, 0.3) is 5.56 Å². The number of aromatic nitrogens is 1. The third kappa shape index (κ3) is 1.60. The van der Waals surface area contributed by atoms with Gasteiger partial charge in [-0.1, -0.05) is 6.07 Å². The van der Waals surface area contributed by atoms with E-state index in [2.05, 4.69) is 0 Å². The smallest absolute Gasteiger partial charge is 0.252 e. The van der Waals surface area contributed by atoms with Gasteiger partial charge < -0.3 is 15.2 Å². The lowest BCUT2D eigenvalue weighted by Gasteiger charge is -2.07. The molecule has 0 saturated carbocycles. The summed E-state index contributed by atoms with van der Waals surface area (Å²) in [6.07, 6.45) is 0. The zero-order valence-corrected chi connectivity index (χ0v) is 9.84. The van der Waals surface area contributed by atoms with E-state index in [4.69, 9.17) is 15.2 Å². The Hall–Kier alpha value is -2.43. The van der Waals surface area contributed by atoms with E-state index >= 15 is 0 Å². The minimum atomic E-state index is -0.136. The van der Waals surface area contributed by atoms with Gasteiger partial charge in [-0.05, 0) is 29.3 Å². The molecule has 0 amide bonds. The van der Waals surface area contributed by atoms with Crippen LogP contribution in [0.25, 0.3) is 11.1 Å². The monoisotopic (exact) mass is 244 g/mol. The van der Waals surface area contributed by atoms with E-state index in [9.17, 15) is 4.79 Å². The number of ether oxygens (including phenoxy) is 2. The number of anilines is 1. The van der Waals surface area contributed by atoms with E-state index in [1.807, 2.05) is 18.2 Å². The fraction of sp³-hybridized carbons (Fsp3) is 0.154. The Kier molecular flexibility index (Phi) is 2.26. The molecule has 1 aromatic heterocycles. The number of pyridine rings is 1. The molecule has 0 bridgehead atoms. The molecule has 18 heavy (non-hydrogen) atoms. The number of hydrogen-bond donors (Lipinski definition) is 1. The van der Waals surface area contributed by atoms with Crippen LogP contribution in [0.15, 0.2) is 35.1 Å². The molecule has 2 N–H and O–H groups in total. The fourth-order valence-electron chi connectivity index (χ4n) is 1.90. The lowest BCUT2D eigenvalue weighted by molar-refractivity contribution is 0.174. The molecule has 0 unspecified atom stereocenters. The van der Waals surface area contributed by atoms with E-state index in [1.165, 1.54) is 4.57 Å². The van der Waals surface area contributed by atoms with Crippen LogP contribution in [0.3, 0.4) is 0 Å². The van der Waals surface area contributed by atoms with Crippen molar-refractivity contribution in [1.29, 1.82) is 0 Å². The van der Waals surface area contributed by atoms with Gasteiger partial charge in [0.1, 0.15) is 5.82 Å². The molecule has 1 aliphatic rings. The Morgan fingerprint density at radius 2 is 1.89 bits per heavy atom. The van der Waals surface area contributed by atoms with Gasteiger partial charge in [-0.25, -0.2) is 0 Å². The van der Waals surface area contributed by atoms with Crippen LogP contribution < -0.4 is 20.8 Å². The van der Waals surface area contributed by atoms with Crippen LogP contribution in [0.1, 0.15) is 0 Å². The summed E-state index contributed by atoms with van der Waals surface area (Å²) in [4.78, 5) is 11.7. The summed E-state index contributed by atoms with van der Waals surface area (Å²) >= 11 is 0. The second-order valence-corrected chi connectivity index (χ2v) is 4.13. The summed E-state index contributed by atoms with van der Waals surface area (Å²) in [7, 11) is 1.64. The van der Waals surface area contributed by atoms with Gasteiger partial charge in [0.05, 0.1) is 0 Å². The van der Waals surface area contributed by atoms with Gasteiger partial charge in [0.2, 0.25) is 6.79 Å². The third-order valence-corrected chi connectivity index (χ3v) is 3.01. The largest absolute Gasteiger partial charge is 0.454 e. The predicted molar refractivity (Wildman–Crippen MR) is 67.7 cm³/mol. The molecule has 1 aliphatic heterocycles. The molecule has 2 heterocycles. The number of nitrogen functional groups attached to an aromatic ring is 1. The van der Waals surface area contributed by atoms with Crippen molar-refractivity contribution in [3.63, 3.8) is 0 Å². The van der Waals surface area contributed by atoms with Crippen molar-refractivity contribution in [2.45, 2.75) is 0 Å². The molecule has 0 saturated heterocycles. The Balaban J connectivity index is 2.13. The molecule has 5 nitrogen and oxygen atoms in total. The highest BCUT2D eigenvalue weighted by Gasteiger charge is 2.14. The second kappa shape index (κ2) is 3.80. The predicted octanol–water partition coefficient (Wildman–Crippen LogP) is 1.36. The summed E-state index contributed by atoms with van der Waals surface area (Å²) in [5.41, 5.74) is 7.29. The van der Waals surface area contributed by atoms with Crippen molar-refractivity contribution in [2.75, 3.05) is 12.5 Å². The van der Waals surface area contributed by atoms with Crippen molar-refractivity contribution in [3.05, 3.63) is 40.7 Å². The number of nitrogens with two attached hydrogens (primary N) is 1. The first-order valence-corrected chi connectivity index (χ1v) is 5.52. The second-order valence-electron chi connectivity index (χ2n) is 4.13. The van der Waals surface area contributed by atoms with Crippen LogP contribution in [-0.4, -0.2) is 11.4 Å². The van der Waals surface area contributed by atoms with Crippen molar-refractivity contribution in [2.24, 2.45) is 7.05 Å². The zero-order chi connectivity index (χ0) is 12.7. The van der Waals surface area contributed by atoms with Crippen molar-refractivity contribution >= 4 is 5.82 Å². The maximum absolute atomic E-state index is 11.7. The van der Waals surface area contributed by atoms with Crippen molar-refractivity contribution in [1.82, 2.24) is 4.57 Å². The Morgan fingerprint density at radius 1 is 1.11 bits per heavy atom. The summed E-state index contributed by atoms with van der Waals surface area (Å²) in [5.74, 6) is 1.83. The maximum atomic E-state index is 11.7. The summed E-state index contributed by atoms with van der Waals surface area (Å²) < 4.78 is 12.0. The van der Waals surface area contributed by atoms with E-state index in [-0.39, 0.29) is 12.4 Å². The van der Waals surface area contributed by atoms with E-state index in [0.717, 1.165) is 16.9 Å². The van der Waals surface area contributed by atoms with Gasteiger partial charge in [0, 0.05) is 13.1 Å². The van der Waals surface area contributed by atoms with E-state index in [0.29, 0.717) is 11.6 Å². The molecular weight excluding hydrogens is 232 g/mol. The van der Waals surface area contributed by atoms with Gasteiger partial charge >= 0.3 is 0 Å². The third-order valence-electron chi connectivity index (χ3n) is 3.01. The average Bonchev–Trinajstić information content (AvgIpc) is 2.82. The average molecular weight is 244 g/mol. The lowest BCUT2D eigenvalue weighted by atomic mass is 10.1. The van der Waals surface area contributed by atoms with Gasteiger partial charge in [-0.2, -0.15) is 0 Å². The minimum absolute atomic E-state index is 0.136.